The number of carbonyl (C=O) groups excluding carboxylic acids is 1. The molecule has 29 heavy (non-hydrogen) atoms. The number of morpholine rings is 1. The Balaban J connectivity index is 1.81. The van der Waals surface area contributed by atoms with Gasteiger partial charge in [0, 0.05) is 18.7 Å². The number of esters is 1. The summed E-state index contributed by atoms with van der Waals surface area (Å²) in [7, 11) is -2.54. The highest BCUT2D eigenvalue weighted by atomic mass is 32.2. The largest absolute Gasteiger partial charge is 0.496 e. The molecule has 1 fully saturated rings. The average Bonchev–Trinajstić information content (AvgIpc) is 2.73. The van der Waals surface area contributed by atoms with Crippen LogP contribution in [0.15, 0.2) is 41.3 Å². The van der Waals surface area contributed by atoms with Crippen molar-refractivity contribution in [1.29, 1.82) is 0 Å². The van der Waals surface area contributed by atoms with Crippen molar-refractivity contribution in [3.05, 3.63) is 59.2 Å². The van der Waals surface area contributed by atoms with E-state index in [2.05, 4.69) is 0 Å². The molecule has 2 aromatic carbocycles. The van der Waals surface area contributed by atoms with Gasteiger partial charge in [-0.25, -0.2) is 22.0 Å². The van der Waals surface area contributed by atoms with Gasteiger partial charge in [-0.2, -0.15) is 4.31 Å². The Kier molecular flexibility index (Phi) is 6.46. The highest BCUT2D eigenvalue weighted by Gasteiger charge is 2.28. The summed E-state index contributed by atoms with van der Waals surface area (Å²) in [6.07, 6.45) is 0. The van der Waals surface area contributed by atoms with E-state index in [0.717, 1.165) is 24.3 Å². The zero-order chi connectivity index (χ0) is 21.0. The Bertz CT molecular complexity index is 1010. The second kappa shape index (κ2) is 8.85. The molecule has 0 radical (unpaired) electrons. The van der Waals surface area contributed by atoms with Gasteiger partial charge in [0.2, 0.25) is 10.0 Å². The van der Waals surface area contributed by atoms with E-state index in [4.69, 9.17) is 14.2 Å². The number of carbonyl (C=O) groups is 1. The molecule has 10 heteroatoms. The van der Waals surface area contributed by atoms with E-state index in [1.165, 1.54) is 23.5 Å². The fourth-order valence-corrected chi connectivity index (χ4v) is 4.27. The molecule has 0 spiro atoms. The standard InChI is InChI=1S/C19H19F2NO6S/c1-26-18-5-2-14(20)10-13(18)12-28-19(23)16-11-15(3-4-17(16)21)29(24,25)22-6-8-27-9-7-22/h2-5,10-11H,6-9,12H2,1H3. The van der Waals surface area contributed by atoms with Gasteiger partial charge in [-0.3, -0.25) is 0 Å². The third-order valence-corrected chi connectivity index (χ3v) is 6.26. The summed E-state index contributed by atoms with van der Waals surface area (Å²) in [6.45, 7) is 0.465. The first-order chi connectivity index (χ1) is 13.8. The van der Waals surface area contributed by atoms with Gasteiger partial charge in [0.15, 0.2) is 0 Å². The Hall–Kier alpha value is -2.56. The van der Waals surface area contributed by atoms with Crippen LogP contribution in [0.2, 0.25) is 0 Å². The number of methoxy groups -OCH3 is 1. The van der Waals surface area contributed by atoms with Gasteiger partial charge in [-0.1, -0.05) is 0 Å². The number of sulfonamides is 1. The van der Waals surface area contributed by atoms with Crippen LogP contribution in [0.5, 0.6) is 5.75 Å². The Morgan fingerprint density at radius 2 is 1.86 bits per heavy atom. The second-order valence-electron chi connectivity index (χ2n) is 6.19. The molecule has 0 amide bonds. The molecule has 1 aliphatic heterocycles. The van der Waals surface area contributed by atoms with Crippen molar-refractivity contribution < 1.29 is 36.2 Å². The number of rotatable bonds is 6. The number of halogens is 2. The number of nitrogens with zero attached hydrogens (tertiary/aromatic N) is 1. The maximum Gasteiger partial charge on any atom is 0.341 e. The minimum Gasteiger partial charge on any atom is -0.496 e. The lowest BCUT2D eigenvalue weighted by atomic mass is 10.2. The first-order valence-electron chi connectivity index (χ1n) is 8.70. The maximum atomic E-state index is 14.2. The molecule has 0 N–H and O–H groups in total. The van der Waals surface area contributed by atoms with E-state index >= 15 is 0 Å². The molecule has 0 aliphatic carbocycles. The predicted molar refractivity (Wildman–Crippen MR) is 98.0 cm³/mol. The fourth-order valence-electron chi connectivity index (χ4n) is 2.84. The molecule has 0 aromatic heterocycles. The van der Waals surface area contributed by atoms with Crippen LogP contribution in [0.3, 0.4) is 0 Å². The summed E-state index contributed by atoms with van der Waals surface area (Å²) >= 11 is 0. The summed E-state index contributed by atoms with van der Waals surface area (Å²) in [5, 5.41) is 0. The molecule has 0 unspecified atom stereocenters. The zero-order valence-corrected chi connectivity index (χ0v) is 16.4. The molecular weight excluding hydrogens is 408 g/mol. The number of benzene rings is 2. The van der Waals surface area contributed by atoms with E-state index in [9.17, 15) is 22.0 Å². The normalized spacial score (nSPS) is 15.1. The molecule has 0 saturated carbocycles. The monoisotopic (exact) mass is 427 g/mol. The summed E-state index contributed by atoms with van der Waals surface area (Å²) in [5.41, 5.74) is -0.284. The molecule has 156 valence electrons. The van der Waals surface area contributed by atoms with E-state index in [1.54, 1.807) is 0 Å². The van der Waals surface area contributed by atoms with Crippen LogP contribution < -0.4 is 4.74 Å². The van der Waals surface area contributed by atoms with Crippen molar-refractivity contribution in [2.45, 2.75) is 11.5 Å². The molecule has 0 atom stereocenters. The van der Waals surface area contributed by atoms with Crippen LogP contribution in [-0.4, -0.2) is 52.1 Å². The van der Waals surface area contributed by atoms with Crippen LogP contribution in [0, 0.1) is 11.6 Å². The van der Waals surface area contributed by atoms with E-state index in [0.29, 0.717) is 5.75 Å². The van der Waals surface area contributed by atoms with Gasteiger partial charge in [-0.05, 0) is 36.4 Å². The topological polar surface area (TPSA) is 82.1 Å². The van der Waals surface area contributed by atoms with Gasteiger partial charge in [0.05, 0.1) is 30.8 Å². The minimum atomic E-state index is -3.91. The summed E-state index contributed by atoms with van der Waals surface area (Å²) < 4.78 is 69.5. The molecule has 0 bridgehead atoms. The lowest BCUT2D eigenvalue weighted by Crippen LogP contribution is -2.40. The second-order valence-corrected chi connectivity index (χ2v) is 8.13. The van der Waals surface area contributed by atoms with E-state index in [1.807, 2.05) is 0 Å². The summed E-state index contributed by atoms with van der Waals surface area (Å²) in [6, 6.07) is 6.60. The Labute approximate surface area is 166 Å². The van der Waals surface area contributed by atoms with Crippen LogP contribution in [0.1, 0.15) is 15.9 Å². The fraction of sp³-hybridized carbons (Fsp3) is 0.316. The average molecular weight is 427 g/mol. The summed E-state index contributed by atoms with van der Waals surface area (Å²) in [4.78, 5) is 12.1. The summed E-state index contributed by atoms with van der Waals surface area (Å²) in [5.74, 6) is -2.26. The van der Waals surface area contributed by atoms with Crippen LogP contribution >= 0.6 is 0 Å². The molecular formula is C19H19F2NO6S. The number of ether oxygens (including phenoxy) is 3. The molecule has 1 aliphatic rings. The van der Waals surface area contributed by atoms with Crippen molar-refractivity contribution in [3.8, 4) is 5.75 Å². The molecule has 7 nitrogen and oxygen atoms in total. The highest BCUT2D eigenvalue weighted by molar-refractivity contribution is 7.89. The van der Waals surface area contributed by atoms with Crippen molar-refractivity contribution >= 4 is 16.0 Å². The van der Waals surface area contributed by atoms with E-state index < -0.39 is 33.2 Å². The Morgan fingerprint density at radius 3 is 2.55 bits per heavy atom. The minimum absolute atomic E-state index is 0.166. The van der Waals surface area contributed by atoms with Crippen molar-refractivity contribution in [3.63, 3.8) is 0 Å². The molecule has 1 saturated heterocycles. The van der Waals surface area contributed by atoms with Crippen LogP contribution in [0.25, 0.3) is 0 Å². The van der Waals surface area contributed by atoms with E-state index in [-0.39, 0.29) is 43.4 Å². The van der Waals surface area contributed by atoms with Crippen molar-refractivity contribution in [2.24, 2.45) is 0 Å². The first-order valence-corrected chi connectivity index (χ1v) is 10.1. The molecule has 2 aromatic rings. The predicted octanol–water partition coefficient (Wildman–Crippen LogP) is 2.35. The van der Waals surface area contributed by atoms with Crippen molar-refractivity contribution in [2.75, 3.05) is 33.4 Å². The third kappa shape index (κ3) is 4.72. The highest BCUT2D eigenvalue weighted by Crippen LogP contribution is 2.23. The smallest absolute Gasteiger partial charge is 0.341 e. The zero-order valence-electron chi connectivity index (χ0n) is 15.6. The van der Waals surface area contributed by atoms with Crippen LogP contribution in [0.4, 0.5) is 8.78 Å². The first kappa shape index (κ1) is 21.2. The SMILES string of the molecule is COc1ccc(F)cc1COC(=O)c1cc(S(=O)(=O)N2CCOCC2)ccc1F. The van der Waals surface area contributed by atoms with Crippen molar-refractivity contribution in [1.82, 2.24) is 4.31 Å². The lowest BCUT2D eigenvalue weighted by molar-refractivity contribution is 0.0464. The quantitative estimate of drug-likeness (QED) is 0.659. The van der Waals surface area contributed by atoms with Gasteiger partial charge in [-0.15, -0.1) is 0 Å². The number of hydrogen-bond donors (Lipinski definition) is 0. The van der Waals surface area contributed by atoms with Gasteiger partial charge < -0.3 is 14.2 Å². The van der Waals surface area contributed by atoms with Gasteiger partial charge in [0.25, 0.3) is 0 Å². The van der Waals surface area contributed by atoms with Crippen LogP contribution in [-0.2, 0) is 26.1 Å². The lowest BCUT2D eigenvalue weighted by Gasteiger charge is -2.26. The third-order valence-electron chi connectivity index (χ3n) is 4.37. The maximum absolute atomic E-state index is 14.2. The number of hydrogen-bond acceptors (Lipinski definition) is 6. The molecule has 1 heterocycles. The van der Waals surface area contributed by atoms with Gasteiger partial charge in [0.1, 0.15) is 24.0 Å². The molecule has 3 rings (SSSR count). The Morgan fingerprint density at radius 1 is 1.14 bits per heavy atom. The van der Waals surface area contributed by atoms with Gasteiger partial charge >= 0.3 is 5.97 Å².